The molecule has 1 aromatic heterocycles. The van der Waals surface area contributed by atoms with Crippen LogP contribution in [0.3, 0.4) is 0 Å². The lowest BCUT2D eigenvalue weighted by Crippen LogP contribution is -2.33. The van der Waals surface area contributed by atoms with E-state index in [1.54, 1.807) is 6.92 Å². The summed E-state index contributed by atoms with van der Waals surface area (Å²) in [6.45, 7) is 4.86. The Morgan fingerprint density at radius 1 is 1.56 bits per heavy atom. The van der Waals surface area contributed by atoms with Crippen molar-refractivity contribution in [3.8, 4) is 0 Å². The van der Waals surface area contributed by atoms with Gasteiger partial charge in [0.05, 0.1) is 11.9 Å². The summed E-state index contributed by atoms with van der Waals surface area (Å²) in [7, 11) is -3.43. The molecule has 0 saturated carbocycles. The van der Waals surface area contributed by atoms with Crippen LogP contribution < -0.4 is 5.73 Å². The topological polar surface area (TPSA) is 92.1 Å². The molecule has 16 heavy (non-hydrogen) atoms. The number of hydrogen-bond acceptors (Lipinski definition) is 4. The van der Waals surface area contributed by atoms with Crippen molar-refractivity contribution in [2.75, 3.05) is 19.6 Å². The molecule has 7 heteroatoms. The molecule has 0 unspecified atom stereocenters. The lowest BCUT2D eigenvalue weighted by molar-refractivity contribution is 0.422. The minimum Gasteiger partial charge on any atom is -0.330 e. The molecule has 0 spiro atoms. The van der Waals surface area contributed by atoms with Crippen molar-refractivity contribution in [3.63, 3.8) is 0 Å². The van der Waals surface area contributed by atoms with E-state index in [4.69, 9.17) is 5.73 Å². The summed E-state index contributed by atoms with van der Waals surface area (Å²) in [6, 6.07) is 0. The molecule has 1 aromatic rings. The Labute approximate surface area is 95.9 Å². The first-order valence-electron chi connectivity index (χ1n) is 5.24. The Hall–Kier alpha value is -0.920. The molecule has 0 aliphatic carbocycles. The molecule has 0 saturated heterocycles. The molecule has 1 heterocycles. The van der Waals surface area contributed by atoms with Crippen molar-refractivity contribution in [1.29, 1.82) is 0 Å². The second-order valence-corrected chi connectivity index (χ2v) is 5.40. The van der Waals surface area contributed by atoms with Crippen LogP contribution in [0.2, 0.25) is 0 Å². The van der Waals surface area contributed by atoms with Gasteiger partial charge in [0.1, 0.15) is 4.90 Å². The summed E-state index contributed by atoms with van der Waals surface area (Å²) in [6.07, 6.45) is 2.00. The monoisotopic (exact) mass is 246 g/mol. The predicted molar refractivity (Wildman–Crippen MR) is 61.4 cm³/mol. The van der Waals surface area contributed by atoms with Crippen molar-refractivity contribution < 1.29 is 8.42 Å². The van der Waals surface area contributed by atoms with E-state index in [0.29, 0.717) is 31.7 Å². The van der Waals surface area contributed by atoms with Gasteiger partial charge < -0.3 is 5.73 Å². The first-order chi connectivity index (χ1) is 7.54. The number of aromatic nitrogens is 2. The fraction of sp³-hybridized carbons (Fsp3) is 0.667. The van der Waals surface area contributed by atoms with Crippen molar-refractivity contribution in [2.24, 2.45) is 5.73 Å². The van der Waals surface area contributed by atoms with Crippen LogP contribution in [0.15, 0.2) is 11.1 Å². The molecule has 0 bridgehead atoms. The maximum atomic E-state index is 12.2. The number of hydrogen-bond donors (Lipinski definition) is 2. The van der Waals surface area contributed by atoms with Gasteiger partial charge in [-0.1, -0.05) is 6.92 Å². The zero-order valence-corrected chi connectivity index (χ0v) is 10.4. The van der Waals surface area contributed by atoms with Crippen LogP contribution in [-0.4, -0.2) is 42.6 Å². The van der Waals surface area contributed by atoms with E-state index in [9.17, 15) is 8.42 Å². The average molecular weight is 246 g/mol. The van der Waals surface area contributed by atoms with Gasteiger partial charge in [-0.2, -0.15) is 9.40 Å². The standard InChI is InChI=1S/C9H18N4O2S/c1-3-13(6-4-5-10)16(14,15)9-7-11-12-8(9)2/h7H,3-6,10H2,1-2H3,(H,11,12). The number of nitrogens with zero attached hydrogens (tertiary/aromatic N) is 2. The quantitative estimate of drug-likeness (QED) is 0.743. The Bertz CT molecular complexity index is 426. The van der Waals surface area contributed by atoms with Crippen molar-refractivity contribution >= 4 is 10.0 Å². The third-order valence-electron chi connectivity index (χ3n) is 2.37. The number of aryl methyl sites for hydroxylation is 1. The van der Waals surface area contributed by atoms with Crippen molar-refractivity contribution in [3.05, 3.63) is 11.9 Å². The summed E-state index contributed by atoms with van der Waals surface area (Å²) in [5, 5.41) is 6.36. The molecular weight excluding hydrogens is 228 g/mol. The normalized spacial score (nSPS) is 12.2. The van der Waals surface area contributed by atoms with Gasteiger partial charge >= 0.3 is 0 Å². The van der Waals surface area contributed by atoms with Crippen LogP contribution in [0, 0.1) is 6.92 Å². The van der Waals surface area contributed by atoms with Crippen molar-refractivity contribution in [1.82, 2.24) is 14.5 Å². The van der Waals surface area contributed by atoms with Gasteiger partial charge in [-0.15, -0.1) is 0 Å². The van der Waals surface area contributed by atoms with E-state index in [1.807, 2.05) is 6.92 Å². The van der Waals surface area contributed by atoms with E-state index in [0.717, 1.165) is 0 Å². The Morgan fingerprint density at radius 3 is 2.69 bits per heavy atom. The molecule has 0 amide bonds. The third-order valence-corrected chi connectivity index (χ3v) is 4.45. The summed E-state index contributed by atoms with van der Waals surface area (Å²) in [5.41, 5.74) is 5.94. The number of nitrogens with one attached hydrogen (secondary N) is 1. The van der Waals surface area contributed by atoms with Gasteiger partial charge in [0.2, 0.25) is 10.0 Å². The maximum Gasteiger partial charge on any atom is 0.246 e. The largest absolute Gasteiger partial charge is 0.330 e. The van der Waals surface area contributed by atoms with E-state index in [2.05, 4.69) is 10.2 Å². The molecule has 1 rings (SSSR count). The third kappa shape index (κ3) is 2.60. The minimum atomic E-state index is -3.43. The highest BCUT2D eigenvalue weighted by Gasteiger charge is 2.25. The zero-order valence-electron chi connectivity index (χ0n) is 9.60. The van der Waals surface area contributed by atoms with Crippen LogP contribution in [0.5, 0.6) is 0 Å². The molecule has 0 aromatic carbocycles. The molecule has 0 aliphatic rings. The summed E-state index contributed by atoms with van der Waals surface area (Å²) < 4.78 is 25.8. The molecule has 0 atom stereocenters. The van der Waals surface area contributed by atoms with Gasteiger partial charge in [0.15, 0.2) is 0 Å². The average Bonchev–Trinajstić information content (AvgIpc) is 2.66. The lowest BCUT2D eigenvalue weighted by atomic mass is 10.4. The lowest BCUT2D eigenvalue weighted by Gasteiger charge is -2.19. The second kappa shape index (κ2) is 5.42. The second-order valence-electron chi connectivity index (χ2n) is 3.50. The number of aromatic amines is 1. The fourth-order valence-electron chi connectivity index (χ4n) is 1.45. The number of rotatable bonds is 6. The summed E-state index contributed by atoms with van der Waals surface area (Å²) in [5.74, 6) is 0. The van der Waals surface area contributed by atoms with Crippen LogP contribution in [0.25, 0.3) is 0 Å². The van der Waals surface area contributed by atoms with Gasteiger partial charge in [-0.3, -0.25) is 5.10 Å². The maximum absolute atomic E-state index is 12.2. The first kappa shape index (κ1) is 13.1. The van der Waals surface area contributed by atoms with Crippen LogP contribution in [0.1, 0.15) is 19.0 Å². The predicted octanol–water partition coefficient (Wildman–Crippen LogP) is 0.0775. The molecule has 0 fully saturated rings. The highest BCUT2D eigenvalue weighted by atomic mass is 32.2. The Balaban J connectivity index is 2.95. The zero-order chi connectivity index (χ0) is 12.2. The van der Waals surface area contributed by atoms with Gasteiger partial charge in [0.25, 0.3) is 0 Å². The number of nitrogens with two attached hydrogens (primary N) is 1. The van der Waals surface area contributed by atoms with E-state index in [-0.39, 0.29) is 4.90 Å². The Morgan fingerprint density at radius 2 is 2.25 bits per heavy atom. The highest BCUT2D eigenvalue weighted by molar-refractivity contribution is 7.89. The van der Waals surface area contributed by atoms with Gasteiger partial charge in [-0.05, 0) is 19.9 Å². The van der Waals surface area contributed by atoms with E-state index in [1.165, 1.54) is 10.5 Å². The summed E-state index contributed by atoms with van der Waals surface area (Å²) >= 11 is 0. The van der Waals surface area contributed by atoms with E-state index < -0.39 is 10.0 Å². The summed E-state index contributed by atoms with van der Waals surface area (Å²) in [4.78, 5) is 0.242. The van der Waals surface area contributed by atoms with E-state index >= 15 is 0 Å². The number of sulfonamides is 1. The fourth-order valence-corrected chi connectivity index (χ4v) is 3.06. The molecule has 0 radical (unpaired) electrons. The van der Waals surface area contributed by atoms with Gasteiger partial charge in [0, 0.05) is 13.1 Å². The molecule has 3 N–H and O–H groups in total. The molecule has 92 valence electrons. The minimum absolute atomic E-state index is 0.242. The van der Waals surface area contributed by atoms with Crippen LogP contribution in [-0.2, 0) is 10.0 Å². The first-order valence-corrected chi connectivity index (χ1v) is 6.68. The molecular formula is C9H18N4O2S. The Kier molecular flexibility index (Phi) is 4.45. The van der Waals surface area contributed by atoms with Crippen LogP contribution >= 0.6 is 0 Å². The van der Waals surface area contributed by atoms with Crippen LogP contribution in [0.4, 0.5) is 0 Å². The molecule has 6 nitrogen and oxygen atoms in total. The SMILES string of the molecule is CCN(CCCN)S(=O)(=O)c1cn[nH]c1C. The van der Waals surface area contributed by atoms with Crippen molar-refractivity contribution in [2.45, 2.75) is 25.2 Å². The smallest absolute Gasteiger partial charge is 0.246 e. The highest BCUT2D eigenvalue weighted by Crippen LogP contribution is 2.17. The van der Waals surface area contributed by atoms with Gasteiger partial charge in [-0.25, -0.2) is 8.42 Å². The number of H-pyrrole nitrogens is 1. The molecule has 0 aliphatic heterocycles.